The van der Waals surface area contributed by atoms with Crippen LogP contribution < -0.4 is 21.3 Å². The molecule has 36 heavy (non-hydrogen) atoms. The van der Waals surface area contributed by atoms with Gasteiger partial charge in [-0.1, -0.05) is 41.5 Å². The smallest absolute Gasteiger partial charge is 0.116 e. The number of aromatic hydroxyl groups is 2. The molecule has 0 aliphatic carbocycles. The van der Waals surface area contributed by atoms with Crippen LogP contribution >= 0.6 is 0 Å². The summed E-state index contributed by atoms with van der Waals surface area (Å²) in [6.45, 7) is 24.3. The van der Waals surface area contributed by atoms with Gasteiger partial charge in [0.15, 0.2) is 0 Å². The zero-order chi connectivity index (χ0) is 27.1. The van der Waals surface area contributed by atoms with E-state index in [-0.39, 0.29) is 33.7 Å². The number of phenolic OH excluding ortho intramolecular Hbond substituents is 2. The third kappa shape index (κ3) is 7.00. The highest BCUT2D eigenvalue weighted by atomic mass is 16.3. The maximum absolute atomic E-state index is 10.6. The number of nitrogens with one attached hydrogen (secondary N) is 4. The molecule has 0 saturated heterocycles. The van der Waals surface area contributed by atoms with Gasteiger partial charge < -0.3 is 10.2 Å². The summed E-state index contributed by atoms with van der Waals surface area (Å²) in [5, 5.41) is 35.9. The zero-order valence-electron chi connectivity index (χ0n) is 24.0. The van der Waals surface area contributed by atoms with Crippen LogP contribution in [0.25, 0.3) is 0 Å². The number of fused-ring (bicyclic) bond motifs is 4. The second kappa shape index (κ2) is 9.97. The first-order chi connectivity index (χ1) is 16.4. The van der Waals surface area contributed by atoms with E-state index in [0.29, 0.717) is 26.2 Å². The Kier molecular flexibility index (Phi) is 7.88. The van der Waals surface area contributed by atoms with Gasteiger partial charge in [-0.3, -0.25) is 21.3 Å². The Morgan fingerprint density at radius 2 is 0.750 bits per heavy atom. The predicted molar refractivity (Wildman–Crippen MR) is 149 cm³/mol. The third-order valence-corrected chi connectivity index (χ3v) is 6.96. The summed E-state index contributed by atoms with van der Waals surface area (Å²) in [4.78, 5) is 0. The molecule has 0 unspecified atom stereocenters. The molecular formula is C30H48N4O2. The lowest BCUT2D eigenvalue weighted by Gasteiger charge is -2.35. The van der Waals surface area contributed by atoms with Gasteiger partial charge in [-0.25, -0.2) is 0 Å². The Hall–Kier alpha value is -2.12. The van der Waals surface area contributed by atoms with Crippen LogP contribution in [-0.2, 0) is 37.0 Å². The zero-order valence-corrected chi connectivity index (χ0v) is 24.0. The van der Waals surface area contributed by atoms with Crippen LogP contribution in [0.5, 0.6) is 11.5 Å². The van der Waals surface area contributed by atoms with Crippen molar-refractivity contribution in [2.24, 2.45) is 0 Å². The molecule has 6 nitrogen and oxygen atoms in total. The van der Waals surface area contributed by atoms with E-state index in [4.69, 9.17) is 0 Å². The molecule has 200 valence electrons. The summed E-state index contributed by atoms with van der Waals surface area (Å²) < 4.78 is 0. The molecule has 6 heteroatoms. The Morgan fingerprint density at radius 1 is 0.528 bits per heavy atom. The first-order valence-electron chi connectivity index (χ1n) is 13.1. The first kappa shape index (κ1) is 28.5. The Labute approximate surface area is 218 Å². The van der Waals surface area contributed by atoms with E-state index in [9.17, 15) is 10.2 Å². The molecule has 2 aromatic rings. The fraction of sp³-hybridized carbons (Fsp3) is 0.600. The molecule has 1 heterocycles. The lowest BCUT2D eigenvalue weighted by Crippen LogP contribution is -2.52. The quantitative estimate of drug-likeness (QED) is 0.299. The second-order valence-electron chi connectivity index (χ2n) is 13.4. The maximum Gasteiger partial charge on any atom is 0.116 e. The van der Waals surface area contributed by atoms with Crippen LogP contribution in [0.1, 0.15) is 103 Å². The standard InChI is InChI=1S/C30H48N4O2/c1-27(2,3)25-19-11-23(35)12-20(25)16-32-30(9,10)34-18-22-14-24(36)13-21(26(22)28(4,5)6)17-33-29(7,8)31-15-19/h11-14,31-36H,15-18H2,1-10H3. The van der Waals surface area contributed by atoms with Crippen molar-refractivity contribution in [2.45, 2.75) is 118 Å². The molecule has 6 N–H and O–H groups in total. The van der Waals surface area contributed by atoms with Crippen LogP contribution in [0.2, 0.25) is 0 Å². The van der Waals surface area contributed by atoms with E-state index in [0.717, 1.165) is 22.3 Å². The highest BCUT2D eigenvalue weighted by Crippen LogP contribution is 2.35. The summed E-state index contributed by atoms with van der Waals surface area (Å²) in [5.74, 6) is 0.573. The van der Waals surface area contributed by atoms with Crippen molar-refractivity contribution in [3.8, 4) is 11.5 Å². The summed E-state index contributed by atoms with van der Waals surface area (Å²) in [5.41, 5.74) is 5.98. The van der Waals surface area contributed by atoms with Crippen molar-refractivity contribution in [1.29, 1.82) is 0 Å². The molecule has 3 rings (SSSR count). The van der Waals surface area contributed by atoms with Crippen molar-refractivity contribution < 1.29 is 10.2 Å². The Balaban J connectivity index is 2.11. The number of phenols is 2. The van der Waals surface area contributed by atoms with Crippen molar-refractivity contribution >= 4 is 0 Å². The molecule has 0 radical (unpaired) electrons. The maximum atomic E-state index is 10.6. The predicted octanol–water partition coefficient (Wildman–Crippen LogP) is 5.24. The summed E-state index contributed by atoms with van der Waals surface area (Å²) in [6, 6.07) is 7.55. The third-order valence-electron chi connectivity index (χ3n) is 6.96. The lowest BCUT2D eigenvalue weighted by atomic mass is 9.79. The van der Waals surface area contributed by atoms with Gasteiger partial charge in [0.25, 0.3) is 0 Å². The SMILES string of the molecule is CC1(C)NCc2cc(O)cc(c2C(C)(C)C)CNC(C)(C)NCc2cc(O)cc(c2C(C)(C)C)CN1. The largest absolute Gasteiger partial charge is 0.508 e. The number of hydrogen-bond donors (Lipinski definition) is 6. The van der Waals surface area contributed by atoms with E-state index >= 15 is 0 Å². The van der Waals surface area contributed by atoms with E-state index in [2.05, 4.69) is 90.5 Å². The number of benzene rings is 2. The monoisotopic (exact) mass is 496 g/mol. The van der Waals surface area contributed by atoms with Crippen LogP contribution in [-0.4, -0.2) is 21.5 Å². The second-order valence-corrected chi connectivity index (χ2v) is 13.4. The van der Waals surface area contributed by atoms with Gasteiger partial charge in [-0.15, -0.1) is 0 Å². The van der Waals surface area contributed by atoms with Crippen molar-refractivity contribution in [2.75, 3.05) is 0 Å². The van der Waals surface area contributed by atoms with Crippen LogP contribution in [0.4, 0.5) is 0 Å². The fourth-order valence-electron chi connectivity index (χ4n) is 5.37. The average Bonchev–Trinajstić information content (AvgIpc) is 2.70. The minimum absolute atomic E-state index is 0.0844. The van der Waals surface area contributed by atoms with E-state index in [1.54, 1.807) is 0 Å². The number of rotatable bonds is 0. The molecule has 2 aromatic carbocycles. The van der Waals surface area contributed by atoms with Crippen molar-refractivity contribution in [3.63, 3.8) is 0 Å². The summed E-state index contributed by atoms with van der Waals surface area (Å²) in [7, 11) is 0. The Bertz CT molecular complexity index is 942. The van der Waals surface area contributed by atoms with Gasteiger partial charge >= 0.3 is 0 Å². The first-order valence-corrected chi connectivity index (χ1v) is 13.1. The van der Waals surface area contributed by atoms with Crippen molar-refractivity contribution in [1.82, 2.24) is 21.3 Å². The minimum atomic E-state index is -0.378. The minimum Gasteiger partial charge on any atom is -0.508 e. The van der Waals surface area contributed by atoms with Gasteiger partial charge in [0.2, 0.25) is 0 Å². The van der Waals surface area contributed by atoms with Crippen LogP contribution in [0.3, 0.4) is 0 Å². The summed E-state index contributed by atoms with van der Waals surface area (Å²) >= 11 is 0. The van der Waals surface area contributed by atoms with Gasteiger partial charge in [-0.2, -0.15) is 0 Å². The molecule has 0 aromatic heterocycles. The molecule has 0 fully saturated rings. The highest BCUT2D eigenvalue weighted by Gasteiger charge is 2.28. The van der Waals surface area contributed by atoms with Gasteiger partial charge in [0, 0.05) is 26.2 Å². The van der Waals surface area contributed by atoms with Gasteiger partial charge in [-0.05, 0) is 96.2 Å². The fourth-order valence-corrected chi connectivity index (χ4v) is 5.37. The van der Waals surface area contributed by atoms with Crippen LogP contribution in [0, 0.1) is 0 Å². The Morgan fingerprint density at radius 3 is 0.944 bits per heavy atom. The van der Waals surface area contributed by atoms with E-state index in [1.807, 2.05) is 24.3 Å². The highest BCUT2D eigenvalue weighted by molar-refractivity contribution is 5.47. The van der Waals surface area contributed by atoms with Gasteiger partial charge in [0.05, 0.1) is 11.3 Å². The van der Waals surface area contributed by atoms with E-state index in [1.165, 1.54) is 11.1 Å². The molecule has 1 aliphatic heterocycles. The van der Waals surface area contributed by atoms with Gasteiger partial charge in [0.1, 0.15) is 11.5 Å². The average molecular weight is 497 g/mol. The molecule has 0 spiro atoms. The lowest BCUT2D eigenvalue weighted by molar-refractivity contribution is 0.297. The number of hydrogen-bond acceptors (Lipinski definition) is 6. The van der Waals surface area contributed by atoms with Crippen LogP contribution in [0.15, 0.2) is 24.3 Å². The molecule has 0 amide bonds. The summed E-state index contributed by atoms with van der Waals surface area (Å²) in [6.07, 6.45) is 0. The normalized spacial score (nSPS) is 19.2. The van der Waals surface area contributed by atoms with E-state index < -0.39 is 0 Å². The molecular weight excluding hydrogens is 448 g/mol. The van der Waals surface area contributed by atoms with Crippen molar-refractivity contribution in [3.05, 3.63) is 57.6 Å². The molecule has 1 aliphatic rings. The topological polar surface area (TPSA) is 88.6 Å². The molecule has 4 bridgehead atoms. The molecule has 0 saturated carbocycles. The molecule has 0 atom stereocenters.